The molecule has 4 heteroatoms. The SMILES string of the molecule is O=C1CC(CO)CN1c1ccc2sccc2c1. The van der Waals surface area contributed by atoms with Crippen LogP contribution in [-0.4, -0.2) is 24.2 Å². The predicted octanol–water partition coefficient (Wildman–Crippen LogP) is 2.25. The fourth-order valence-electron chi connectivity index (χ4n) is 2.28. The third-order valence-corrected chi connectivity index (χ3v) is 4.11. The van der Waals surface area contributed by atoms with Gasteiger partial charge in [-0.3, -0.25) is 4.79 Å². The van der Waals surface area contributed by atoms with E-state index in [2.05, 4.69) is 17.5 Å². The fourth-order valence-corrected chi connectivity index (χ4v) is 3.05. The van der Waals surface area contributed by atoms with Gasteiger partial charge in [0.2, 0.25) is 5.91 Å². The summed E-state index contributed by atoms with van der Waals surface area (Å²) in [5.41, 5.74) is 0.942. The van der Waals surface area contributed by atoms with E-state index >= 15 is 0 Å². The lowest BCUT2D eigenvalue weighted by Crippen LogP contribution is -2.24. The van der Waals surface area contributed by atoms with Gasteiger partial charge in [-0.15, -0.1) is 11.3 Å². The molecule has 1 unspecified atom stereocenters. The molecule has 1 aromatic carbocycles. The largest absolute Gasteiger partial charge is 0.396 e. The minimum Gasteiger partial charge on any atom is -0.396 e. The Bertz CT molecular complexity index is 563. The number of hydrogen-bond donors (Lipinski definition) is 1. The van der Waals surface area contributed by atoms with Gasteiger partial charge in [-0.2, -0.15) is 0 Å². The van der Waals surface area contributed by atoms with Gasteiger partial charge in [-0.25, -0.2) is 0 Å². The number of rotatable bonds is 2. The number of fused-ring (bicyclic) bond motifs is 1. The zero-order valence-corrected chi connectivity index (χ0v) is 10.1. The number of thiophene rings is 1. The van der Waals surface area contributed by atoms with Crippen LogP contribution in [0.1, 0.15) is 6.42 Å². The molecular weight excluding hydrogens is 234 g/mol. The Hall–Kier alpha value is -1.39. The third kappa shape index (κ3) is 1.83. The second kappa shape index (κ2) is 4.13. The van der Waals surface area contributed by atoms with Crippen molar-refractivity contribution in [2.24, 2.45) is 5.92 Å². The molecule has 1 aromatic heterocycles. The molecule has 1 aliphatic rings. The van der Waals surface area contributed by atoms with Crippen molar-refractivity contribution in [2.45, 2.75) is 6.42 Å². The maximum absolute atomic E-state index is 11.8. The lowest BCUT2D eigenvalue weighted by Gasteiger charge is -2.16. The van der Waals surface area contributed by atoms with Crippen LogP contribution in [0.4, 0.5) is 5.69 Å². The minimum atomic E-state index is 0.0840. The van der Waals surface area contributed by atoms with Gasteiger partial charge in [0, 0.05) is 35.9 Å². The van der Waals surface area contributed by atoms with Crippen LogP contribution in [0.3, 0.4) is 0 Å². The van der Waals surface area contributed by atoms with Gasteiger partial charge in [0.15, 0.2) is 0 Å². The van der Waals surface area contributed by atoms with E-state index in [1.807, 2.05) is 12.1 Å². The molecule has 3 nitrogen and oxygen atoms in total. The quantitative estimate of drug-likeness (QED) is 0.884. The first-order valence-electron chi connectivity index (χ1n) is 5.66. The van der Waals surface area contributed by atoms with Crippen molar-refractivity contribution in [1.29, 1.82) is 0 Å². The molecule has 0 saturated carbocycles. The highest BCUT2D eigenvalue weighted by Gasteiger charge is 2.29. The molecule has 0 radical (unpaired) electrons. The van der Waals surface area contributed by atoms with E-state index in [0.29, 0.717) is 13.0 Å². The van der Waals surface area contributed by atoms with Crippen molar-refractivity contribution in [3.8, 4) is 0 Å². The van der Waals surface area contributed by atoms with Crippen molar-refractivity contribution >= 4 is 33.0 Å². The van der Waals surface area contributed by atoms with E-state index in [0.717, 1.165) is 5.69 Å². The molecule has 88 valence electrons. The summed E-state index contributed by atoms with van der Waals surface area (Å²) in [5, 5.41) is 12.3. The molecule has 1 saturated heterocycles. The average Bonchev–Trinajstić information content (AvgIpc) is 2.93. The highest BCUT2D eigenvalue weighted by Crippen LogP contribution is 2.29. The molecule has 1 aliphatic heterocycles. The summed E-state index contributed by atoms with van der Waals surface area (Å²) < 4.78 is 1.24. The standard InChI is InChI=1S/C13H13NO2S/c15-8-9-5-13(16)14(7-9)11-1-2-12-10(6-11)3-4-17-12/h1-4,6,9,15H,5,7-8H2. The predicted molar refractivity (Wildman–Crippen MR) is 69.4 cm³/mol. The van der Waals surface area contributed by atoms with E-state index in [1.54, 1.807) is 16.2 Å². The smallest absolute Gasteiger partial charge is 0.227 e. The monoisotopic (exact) mass is 247 g/mol. The Morgan fingerprint density at radius 2 is 2.29 bits per heavy atom. The van der Waals surface area contributed by atoms with Gasteiger partial charge >= 0.3 is 0 Å². The van der Waals surface area contributed by atoms with E-state index in [9.17, 15) is 4.79 Å². The Morgan fingerprint density at radius 3 is 3.06 bits per heavy atom. The number of anilines is 1. The van der Waals surface area contributed by atoms with Crippen molar-refractivity contribution in [3.05, 3.63) is 29.6 Å². The molecule has 0 bridgehead atoms. The second-order valence-electron chi connectivity index (χ2n) is 4.40. The normalized spacial score (nSPS) is 20.4. The van der Waals surface area contributed by atoms with Gasteiger partial charge in [0.05, 0.1) is 0 Å². The van der Waals surface area contributed by atoms with Crippen LogP contribution >= 0.6 is 11.3 Å². The number of carbonyl (C=O) groups is 1. The summed E-state index contributed by atoms with van der Waals surface area (Å²) in [5.74, 6) is 0.194. The summed E-state index contributed by atoms with van der Waals surface area (Å²) in [6.45, 7) is 0.716. The first-order chi connectivity index (χ1) is 8.28. The molecule has 2 aromatic rings. The summed E-state index contributed by atoms with van der Waals surface area (Å²) in [4.78, 5) is 13.6. The van der Waals surface area contributed by atoms with Crippen LogP contribution < -0.4 is 4.90 Å². The van der Waals surface area contributed by atoms with E-state index in [4.69, 9.17) is 5.11 Å². The number of aliphatic hydroxyl groups excluding tert-OH is 1. The molecule has 3 rings (SSSR count). The summed E-state index contributed by atoms with van der Waals surface area (Å²) >= 11 is 1.70. The molecule has 17 heavy (non-hydrogen) atoms. The van der Waals surface area contributed by atoms with Crippen molar-refractivity contribution < 1.29 is 9.90 Å². The van der Waals surface area contributed by atoms with Gasteiger partial charge in [-0.1, -0.05) is 0 Å². The van der Waals surface area contributed by atoms with Gasteiger partial charge < -0.3 is 10.0 Å². The van der Waals surface area contributed by atoms with Crippen LogP contribution in [0, 0.1) is 5.92 Å². The third-order valence-electron chi connectivity index (χ3n) is 3.21. The molecule has 1 N–H and O–H groups in total. The fraction of sp³-hybridized carbons (Fsp3) is 0.308. The first-order valence-corrected chi connectivity index (χ1v) is 6.54. The van der Waals surface area contributed by atoms with E-state index < -0.39 is 0 Å². The number of aliphatic hydroxyl groups is 1. The number of hydrogen-bond acceptors (Lipinski definition) is 3. The van der Waals surface area contributed by atoms with Crippen LogP contribution in [0.2, 0.25) is 0 Å². The maximum atomic E-state index is 11.8. The number of nitrogens with zero attached hydrogens (tertiary/aromatic N) is 1. The second-order valence-corrected chi connectivity index (χ2v) is 5.35. The number of benzene rings is 1. The van der Waals surface area contributed by atoms with E-state index in [-0.39, 0.29) is 18.4 Å². The highest BCUT2D eigenvalue weighted by molar-refractivity contribution is 7.17. The lowest BCUT2D eigenvalue weighted by atomic mass is 10.1. The maximum Gasteiger partial charge on any atom is 0.227 e. The summed E-state index contributed by atoms with van der Waals surface area (Å²) in [7, 11) is 0. The van der Waals surface area contributed by atoms with Crippen LogP contribution in [0.25, 0.3) is 10.1 Å². The molecule has 1 amide bonds. The topological polar surface area (TPSA) is 40.5 Å². The summed E-state index contributed by atoms with van der Waals surface area (Å²) in [6, 6.07) is 8.14. The van der Waals surface area contributed by atoms with Crippen molar-refractivity contribution in [1.82, 2.24) is 0 Å². The summed E-state index contributed by atoms with van der Waals surface area (Å²) in [6.07, 6.45) is 0.457. The van der Waals surface area contributed by atoms with E-state index in [1.165, 1.54) is 10.1 Å². The van der Waals surface area contributed by atoms with Gasteiger partial charge in [0.1, 0.15) is 0 Å². The van der Waals surface area contributed by atoms with Crippen LogP contribution in [-0.2, 0) is 4.79 Å². The molecular formula is C13H13NO2S. The first kappa shape index (κ1) is 10.7. The Kier molecular flexibility index (Phi) is 2.61. The van der Waals surface area contributed by atoms with Crippen molar-refractivity contribution in [2.75, 3.05) is 18.1 Å². The molecule has 2 heterocycles. The Balaban J connectivity index is 1.95. The van der Waals surface area contributed by atoms with Crippen LogP contribution in [0.5, 0.6) is 0 Å². The van der Waals surface area contributed by atoms with Crippen molar-refractivity contribution in [3.63, 3.8) is 0 Å². The molecule has 0 spiro atoms. The zero-order valence-electron chi connectivity index (χ0n) is 9.30. The van der Waals surface area contributed by atoms with Gasteiger partial charge in [0.25, 0.3) is 0 Å². The number of carbonyl (C=O) groups excluding carboxylic acids is 1. The Labute approximate surface area is 103 Å². The lowest BCUT2D eigenvalue weighted by molar-refractivity contribution is -0.117. The van der Waals surface area contributed by atoms with Crippen LogP contribution in [0.15, 0.2) is 29.6 Å². The minimum absolute atomic E-state index is 0.0840. The molecule has 1 fully saturated rings. The molecule has 1 atom stereocenters. The highest BCUT2D eigenvalue weighted by atomic mass is 32.1. The number of amides is 1. The Morgan fingerprint density at radius 1 is 1.41 bits per heavy atom. The van der Waals surface area contributed by atoms with Gasteiger partial charge in [-0.05, 0) is 35.0 Å². The average molecular weight is 247 g/mol. The zero-order chi connectivity index (χ0) is 11.8. The molecule has 0 aliphatic carbocycles.